The molecule has 222 valence electrons. The van der Waals surface area contributed by atoms with Crippen LogP contribution in [0.3, 0.4) is 0 Å². The molecule has 0 aliphatic carbocycles. The Morgan fingerprint density at radius 3 is 1.56 bits per heavy atom. The van der Waals surface area contributed by atoms with Gasteiger partial charge in [0, 0.05) is 27.3 Å². The van der Waals surface area contributed by atoms with E-state index in [0.717, 1.165) is 54.8 Å². The second-order valence-electron chi connectivity index (χ2n) is 12.8. The highest BCUT2D eigenvalue weighted by atomic mass is 16.3. The van der Waals surface area contributed by atoms with E-state index in [9.17, 15) is 0 Å². The Bertz CT molecular complexity index is 3060. The maximum Gasteiger partial charge on any atom is 0.147 e. The van der Waals surface area contributed by atoms with Crippen LogP contribution in [0.4, 0.5) is 0 Å². The van der Waals surface area contributed by atoms with Gasteiger partial charge in [-0.15, -0.1) is 0 Å². The lowest BCUT2D eigenvalue weighted by atomic mass is 9.85. The zero-order chi connectivity index (χ0) is 31.3. The van der Waals surface area contributed by atoms with E-state index in [1.807, 2.05) is 6.07 Å². The summed E-state index contributed by atoms with van der Waals surface area (Å²) >= 11 is 0. The van der Waals surface area contributed by atoms with Gasteiger partial charge in [0.05, 0.1) is 5.39 Å². The van der Waals surface area contributed by atoms with Crippen LogP contribution in [0.1, 0.15) is 0 Å². The van der Waals surface area contributed by atoms with Crippen LogP contribution < -0.4 is 0 Å². The summed E-state index contributed by atoms with van der Waals surface area (Å²) < 4.78 is 13.6. The average molecular weight is 611 g/mol. The molecule has 48 heavy (non-hydrogen) atoms. The van der Waals surface area contributed by atoms with Gasteiger partial charge in [0.15, 0.2) is 0 Å². The van der Waals surface area contributed by atoms with Gasteiger partial charge in [-0.05, 0) is 84.5 Å². The van der Waals surface area contributed by atoms with Crippen molar-refractivity contribution in [2.45, 2.75) is 0 Å². The van der Waals surface area contributed by atoms with Crippen molar-refractivity contribution < 1.29 is 8.83 Å². The van der Waals surface area contributed by atoms with E-state index < -0.39 is 0 Å². The molecule has 11 rings (SSSR count). The molecule has 0 atom stereocenters. The molecule has 0 amide bonds. The van der Waals surface area contributed by atoms with Crippen LogP contribution in [0.15, 0.2) is 167 Å². The van der Waals surface area contributed by atoms with Crippen LogP contribution in [0, 0.1) is 0 Å². The standard InChI is InChI=1S/C46H26O2/c1-2-12-28-23-31(22-21-27(28)11-1)42-33-16-5-7-18-35(33)43(36-19-8-6-17-34(36)42)39-26-37-32-15-9-10-20-40(32)47-45(37)44-38-24-29-13-3-4-14-30(29)25-41(38)48-46(39)44/h1-26H. The SMILES string of the molecule is c1ccc2cc(-c3c4ccccc4c(-c4cc5c6ccccc6oc5c5c4oc4cc6ccccc6cc45)c4ccccc34)ccc2c1. The maximum atomic E-state index is 6.95. The van der Waals surface area contributed by atoms with E-state index in [1.54, 1.807) is 0 Å². The molecule has 0 saturated heterocycles. The first-order valence-corrected chi connectivity index (χ1v) is 16.4. The second kappa shape index (κ2) is 9.57. The Morgan fingerprint density at radius 1 is 0.312 bits per heavy atom. The molecule has 0 aliphatic rings. The van der Waals surface area contributed by atoms with Crippen molar-refractivity contribution in [3.05, 3.63) is 158 Å². The summed E-state index contributed by atoms with van der Waals surface area (Å²) in [6.07, 6.45) is 0. The quantitative estimate of drug-likeness (QED) is 0.182. The van der Waals surface area contributed by atoms with E-state index >= 15 is 0 Å². The molecule has 9 aromatic carbocycles. The molecule has 0 saturated carbocycles. The summed E-state index contributed by atoms with van der Waals surface area (Å²) in [5, 5.41) is 13.9. The fourth-order valence-electron chi connectivity index (χ4n) is 8.06. The zero-order valence-electron chi connectivity index (χ0n) is 25.8. The van der Waals surface area contributed by atoms with E-state index in [1.165, 1.54) is 54.4 Å². The van der Waals surface area contributed by atoms with E-state index in [4.69, 9.17) is 8.83 Å². The number of hydrogen-bond donors (Lipinski definition) is 0. The van der Waals surface area contributed by atoms with Gasteiger partial charge in [-0.1, -0.05) is 127 Å². The summed E-state index contributed by atoms with van der Waals surface area (Å²) in [4.78, 5) is 0. The lowest BCUT2D eigenvalue weighted by Crippen LogP contribution is -1.91. The Balaban J connectivity index is 1.34. The second-order valence-corrected chi connectivity index (χ2v) is 12.8. The number of para-hydroxylation sites is 1. The fraction of sp³-hybridized carbons (Fsp3) is 0. The van der Waals surface area contributed by atoms with E-state index in [0.29, 0.717) is 0 Å². The third-order valence-electron chi connectivity index (χ3n) is 10.2. The molecule has 0 unspecified atom stereocenters. The molecule has 2 aromatic heterocycles. The molecule has 0 spiro atoms. The van der Waals surface area contributed by atoms with Crippen LogP contribution in [0.5, 0.6) is 0 Å². The molecule has 2 nitrogen and oxygen atoms in total. The molecule has 11 aromatic rings. The number of hydrogen-bond acceptors (Lipinski definition) is 2. The Labute approximate surface area is 275 Å². The average Bonchev–Trinajstić information content (AvgIpc) is 3.70. The molecule has 0 aliphatic heterocycles. The maximum absolute atomic E-state index is 6.95. The summed E-state index contributed by atoms with van der Waals surface area (Å²) in [5.41, 5.74) is 8.16. The van der Waals surface area contributed by atoms with Crippen LogP contribution in [-0.4, -0.2) is 0 Å². The highest BCUT2D eigenvalue weighted by molar-refractivity contribution is 6.30. The number of rotatable bonds is 2. The first kappa shape index (κ1) is 25.8. The molecule has 0 radical (unpaired) electrons. The van der Waals surface area contributed by atoms with E-state index in [2.05, 4.69) is 152 Å². The Morgan fingerprint density at radius 2 is 0.854 bits per heavy atom. The van der Waals surface area contributed by atoms with Crippen molar-refractivity contribution in [3.63, 3.8) is 0 Å². The number of furan rings is 2. The molecule has 2 heteroatoms. The lowest BCUT2D eigenvalue weighted by molar-refractivity contribution is 0.664. The van der Waals surface area contributed by atoms with Crippen molar-refractivity contribution in [1.82, 2.24) is 0 Å². The first-order chi connectivity index (χ1) is 23.8. The predicted octanol–water partition coefficient (Wildman–Crippen LogP) is 13.4. The van der Waals surface area contributed by atoms with Crippen molar-refractivity contribution in [3.8, 4) is 22.3 Å². The number of benzene rings is 9. The first-order valence-electron chi connectivity index (χ1n) is 16.4. The van der Waals surface area contributed by atoms with Crippen molar-refractivity contribution >= 4 is 87.0 Å². The third-order valence-corrected chi connectivity index (χ3v) is 10.2. The van der Waals surface area contributed by atoms with Gasteiger partial charge >= 0.3 is 0 Å². The highest BCUT2D eigenvalue weighted by Crippen LogP contribution is 2.50. The predicted molar refractivity (Wildman–Crippen MR) is 202 cm³/mol. The van der Waals surface area contributed by atoms with Crippen LogP contribution in [-0.2, 0) is 0 Å². The lowest BCUT2D eigenvalue weighted by Gasteiger charge is -2.18. The minimum absolute atomic E-state index is 0.848. The van der Waals surface area contributed by atoms with Gasteiger partial charge in [-0.25, -0.2) is 0 Å². The monoisotopic (exact) mass is 610 g/mol. The summed E-state index contributed by atoms with van der Waals surface area (Å²) in [5.74, 6) is 0. The van der Waals surface area contributed by atoms with Crippen molar-refractivity contribution in [2.75, 3.05) is 0 Å². The summed E-state index contributed by atoms with van der Waals surface area (Å²) in [6, 6.07) is 56.7. The minimum Gasteiger partial charge on any atom is -0.455 e. The molecule has 2 heterocycles. The molecular weight excluding hydrogens is 585 g/mol. The van der Waals surface area contributed by atoms with Gasteiger partial charge in [0.1, 0.15) is 22.3 Å². The molecular formula is C46H26O2. The fourth-order valence-corrected chi connectivity index (χ4v) is 8.06. The summed E-state index contributed by atoms with van der Waals surface area (Å²) in [6.45, 7) is 0. The van der Waals surface area contributed by atoms with Gasteiger partial charge < -0.3 is 8.83 Å². The molecule has 0 N–H and O–H groups in total. The normalized spacial score (nSPS) is 12.2. The highest BCUT2D eigenvalue weighted by Gasteiger charge is 2.24. The van der Waals surface area contributed by atoms with E-state index in [-0.39, 0.29) is 0 Å². The van der Waals surface area contributed by atoms with Crippen molar-refractivity contribution in [1.29, 1.82) is 0 Å². The zero-order valence-corrected chi connectivity index (χ0v) is 25.8. The van der Waals surface area contributed by atoms with Crippen LogP contribution >= 0.6 is 0 Å². The minimum atomic E-state index is 0.848. The van der Waals surface area contributed by atoms with Gasteiger partial charge in [-0.2, -0.15) is 0 Å². The molecule has 0 bridgehead atoms. The third kappa shape index (κ3) is 3.52. The Hall–Kier alpha value is -6.38. The van der Waals surface area contributed by atoms with Crippen molar-refractivity contribution in [2.24, 2.45) is 0 Å². The van der Waals surface area contributed by atoms with Gasteiger partial charge in [0.25, 0.3) is 0 Å². The van der Waals surface area contributed by atoms with Gasteiger partial charge in [0.2, 0.25) is 0 Å². The smallest absolute Gasteiger partial charge is 0.147 e. The largest absolute Gasteiger partial charge is 0.455 e. The van der Waals surface area contributed by atoms with Gasteiger partial charge in [-0.3, -0.25) is 0 Å². The Kier molecular flexibility index (Phi) is 5.14. The summed E-state index contributed by atoms with van der Waals surface area (Å²) in [7, 11) is 0. The van der Waals surface area contributed by atoms with Crippen LogP contribution in [0.25, 0.3) is 109 Å². The van der Waals surface area contributed by atoms with Crippen LogP contribution in [0.2, 0.25) is 0 Å². The number of fused-ring (bicyclic) bond motifs is 11. The molecule has 0 fully saturated rings. The topological polar surface area (TPSA) is 26.3 Å².